The van der Waals surface area contributed by atoms with Gasteiger partial charge >= 0.3 is 5.97 Å². The van der Waals surface area contributed by atoms with Crippen molar-refractivity contribution in [3.8, 4) is 0 Å². The lowest BCUT2D eigenvalue weighted by molar-refractivity contribution is -0.198. The topological polar surface area (TPSA) is 44.8 Å². The van der Waals surface area contributed by atoms with Gasteiger partial charge in [-0.15, -0.1) is 0 Å². The van der Waals surface area contributed by atoms with Crippen LogP contribution in [-0.4, -0.2) is 32.1 Å². The molecule has 1 heterocycles. The lowest BCUT2D eigenvalue weighted by Crippen LogP contribution is -2.40. The predicted octanol–water partition coefficient (Wildman–Crippen LogP) is 2.04. The van der Waals surface area contributed by atoms with Crippen LogP contribution in [-0.2, 0) is 19.0 Å². The molecule has 4 nitrogen and oxygen atoms in total. The Balaban J connectivity index is 2.12. The lowest BCUT2D eigenvalue weighted by atomic mass is 9.90. The van der Waals surface area contributed by atoms with Crippen molar-refractivity contribution in [1.82, 2.24) is 0 Å². The minimum absolute atomic E-state index is 0.117. The van der Waals surface area contributed by atoms with Crippen LogP contribution in [0.25, 0.3) is 0 Å². The number of rotatable bonds is 5. The van der Waals surface area contributed by atoms with Crippen molar-refractivity contribution in [2.45, 2.75) is 38.4 Å². The van der Waals surface area contributed by atoms with Gasteiger partial charge in [0.2, 0.25) is 0 Å². The normalized spacial score (nSPS) is 25.1. The molecule has 0 aromatic carbocycles. The average molecular weight is 240 g/mol. The molecule has 96 valence electrons. The van der Waals surface area contributed by atoms with Gasteiger partial charge in [0.25, 0.3) is 0 Å². The fourth-order valence-electron chi connectivity index (χ4n) is 2.57. The minimum Gasteiger partial charge on any atom is -0.466 e. The lowest BCUT2D eigenvalue weighted by Gasteiger charge is -2.34. The van der Waals surface area contributed by atoms with Crippen LogP contribution in [0.4, 0.5) is 0 Å². The monoisotopic (exact) mass is 240 g/mol. The number of esters is 1. The molecule has 17 heavy (non-hydrogen) atoms. The first-order valence-electron chi connectivity index (χ1n) is 6.23. The zero-order chi connectivity index (χ0) is 12.4. The van der Waals surface area contributed by atoms with E-state index in [9.17, 15) is 4.79 Å². The zero-order valence-corrected chi connectivity index (χ0v) is 10.5. The van der Waals surface area contributed by atoms with Gasteiger partial charge < -0.3 is 14.2 Å². The highest BCUT2D eigenvalue weighted by atomic mass is 16.7. The summed E-state index contributed by atoms with van der Waals surface area (Å²) in [5.74, 6) is -0.826. The number of hydrogen-bond acceptors (Lipinski definition) is 4. The summed E-state index contributed by atoms with van der Waals surface area (Å²) >= 11 is 0. The molecule has 2 fully saturated rings. The number of methoxy groups -OCH3 is 1. The van der Waals surface area contributed by atoms with Gasteiger partial charge in [0, 0.05) is 17.9 Å². The summed E-state index contributed by atoms with van der Waals surface area (Å²) in [6, 6.07) is 0. The second-order valence-corrected chi connectivity index (χ2v) is 4.71. The molecule has 0 bridgehead atoms. The van der Waals surface area contributed by atoms with Crippen molar-refractivity contribution in [3.63, 3.8) is 0 Å². The molecule has 1 saturated heterocycles. The third-order valence-corrected chi connectivity index (χ3v) is 3.62. The molecule has 2 aliphatic rings. The quantitative estimate of drug-likeness (QED) is 0.545. The maximum absolute atomic E-state index is 11.2. The highest BCUT2D eigenvalue weighted by Gasteiger charge is 2.61. The Bertz CT molecular complexity index is 311. The van der Waals surface area contributed by atoms with E-state index in [1.54, 1.807) is 0 Å². The fraction of sp³-hybridized carbons (Fsp3) is 0.769. The summed E-state index contributed by atoms with van der Waals surface area (Å²) in [5, 5.41) is 0. The average Bonchev–Trinajstić information content (AvgIpc) is 3.00. The van der Waals surface area contributed by atoms with E-state index in [2.05, 4.69) is 11.7 Å². The van der Waals surface area contributed by atoms with Crippen LogP contribution in [0.2, 0.25) is 0 Å². The molecule has 0 spiro atoms. The van der Waals surface area contributed by atoms with E-state index in [4.69, 9.17) is 9.47 Å². The van der Waals surface area contributed by atoms with Crippen molar-refractivity contribution in [1.29, 1.82) is 0 Å². The summed E-state index contributed by atoms with van der Waals surface area (Å²) in [6.07, 6.45) is 7.32. The molecule has 1 aliphatic heterocycles. The van der Waals surface area contributed by atoms with Crippen LogP contribution in [0, 0.1) is 5.41 Å². The van der Waals surface area contributed by atoms with Gasteiger partial charge in [-0.2, -0.15) is 0 Å². The van der Waals surface area contributed by atoms with Crippen LogP contribution in [0.3, 0.4) is 0 Å². The predicted molar refractivity (Wildman–Crippen MR) is 62.4 cm³/mol. The number of carbonyl (C=O) groups excluding carboxylic acids is 1. The van der Waals surface area contributed by atoms with Crippen LogP contribution >= 0.6 is 0 Å². The highest BCUT2D eigenvalue weighted by molar-refractivity contribution is 5.82. The highest BCUT2D eigenvalue weighted by Crippen LogP contribution is 2.60. The van der Waals surface area contributed by atoms with E-state index in [0.717, 1.165) is 25.7 Å². The van der Waals surface area contributed by atoms with Crippen molar-refractivity contribution in [2.24, 2.45) is 5.41 Å². The summed E-state index contributed by atoms with van der Waals surface area (Å²) in [4.78, 5) is 11.2. The molecular formula is C13H20O4. The van der Waals surface area contributed by atoms with Gasteiger partial charge in [-0.25, -0.2) is 4.79 Å². The summed E-state index contributed by atoms with van der Waals surface area (Å²) < 4.78 is 16.3. The first kappa shape index (κ1) is 12.6. The van der Waals surface area contributed by atoms with E-state index < -0.39 is 5.79 Å². The van der Waals surface area contributed by atoms with Crippen LogP contribution in [0.1, 0.15) is 32.6 Å². The molecule has 1 saturated carbocycles. The van der Waals surface area contributed by atoms with E-state index in [0.29, 0.717) is 13.2 Å². The molecule has 0 atom stereocenters. The zero-order valence-electron chi connectivity index (χ0n) is 10.5. The molecule has 4 heteroatoms. The molecule has 0 radical (unpaired) electrons. The first-order chi connectivity index (χ1) is 8.18. The first-order valence-corrected chi connectivity index (χ1v) is 6.23. The smallest absolute Gasteiger partial charge is 0.330 e. The Morgan fingerprint density at radius 1 is 1.35 bits per heavy atom. The third kappa shape index (κ3) is 2.24. The number of ether oxygens (including phenoxy) is 3. The Kier molecular flexibility index (Phi) is 3.54. The SMILES string of the molecule is CCCC1(C2(/C=C/C(=O)OC)CC2)OCCO1. The van der Waals surface area contributed by atoms with E-state index in [-0.39, 0.29) is 11.4 Å². The van der Waals surface area contributed by atoms with Gasteiger partial charge in [-0.3, -0.25) is 0 Å². The second-order valence-electron chi connectivity index (χ2n) is 4.71. The number of carbonyl (C=O) groups is 1. The summed E-state index contributed by atoms with van der Waals surface area (Å²) in [7, 11) is 1.39. The van der Waals surface area contributed by atoms with E-state index >= 15 is 0 Å². The minimum atomic E-state index is -0.508. The summed E-state index contributed by atoms with van der Waals surface area (Å²) in [6.45, 7) is 3.41. The van der Waals surface area contributed by atoms with E-state index in [1.165, 1.54) is 13.2 Å². The molecule has 0 N–H and O–H groups in total. The van der Waals surface area contributed by atoms with Crippen molar-refractivity contribution < 1.29 is 19.0 Å². The standard InChI is InChI=1S/C13H20O4/c1-3-5-13(16-9-10-17-13)12(7-8-12)6-4-11(14)15-2/h4,6H,3,5,7-10H2,1-2H3/b6-4+. The largest absolute Gasteiger partial charge is 0.466 e. The van der Waals surface area contributed by atoms with Crippen LogP contribution in [0.5, 0.6) is 0 Å². The third-order valence-electron chi connectivity index (χ3n) is 3.62. The molecule has 0 aromatic heterocycles. The number of hydrogen-bond donors (Lipinski definition) is 0. The Labute approximate surface area is 102 Å². The van der Waals surface area contributed by atoms with Gasteiger partial charge in [0.05, 0.1) is 20.3 Å². The summed E-state index contributed by atoms with van der Waals surface area (Å²) in [5.41, 5.74) is -0.117. The van der Waals surface area contributed by atoms with Gasteiger partial charge in [-0.05, 0) is 12.8 Å². The molecule has 0 unspecified atom stereocenters. The van der Waals surface area contributed by atoms with Crippen molar-refractivity contribution in [3.05, 3.63) is 12.2 Å². The van der Waals surface area contributed by atoms with Crippen LogP contribution < -0.4 is 0 Å². The van der Waals surface area contributed by atoms with Gasteiger partial charge in [0.1, 0.15) is 0 Å². The Morgan fingerprint density at radius 2 is 2.00 bits per heavy atom. The van der Waals surface area contributed by atoms with Crippen molar-refractivity contribution in [2.75, 3.05) is 20.3 Å². The molecular weight excluding hydrogens is 220 g/mol. The molecule has 0 amide bonds. The van der Waals surface area contributed by atoms with Crippen LogP contribution in [0.15, 0.2) is 12.2 Å². The molecule has 2 rings (SSSR count). The maximum Gasteiger partial charge on any atom is 0.330 e. The Hall–Kier alpha value is -0.870. The second kappa shape index (κ2) is 4.78. The molecule has 1 aliphatic carbocycles. The van der Waals surface area contributed by atoms with Gasteiger partial charge in [0.15, 0.2) is 5.79 Å². The van der Waals surface area contributed by atoms with Gasteiger partial charge in [-0.1, -0.05) is 19.4 Å². The van der Waals surface area contributed by atoms with Crippen molar-refractivity contribution >= 4 is 5.97 Å². The maximum atomic E-state index is 11.2. The Morgan fingerprint density at radius 3 is 2.47 bits per heavy atom. The van der Waals surface area contributed by atoms with E-state index in [1.807, 2.05) is 6.08 Å². The fourth-order valence-corrected chi connectivity index (χ4v) is 2.57. The molecule has 0 aromatic rings.